The van der Waals surface area contributed by atoms with Crippen LogP contribution in [0.4, 0.5) is 13.2 Å². The number of carboxylic acid groups (broad SMARTS) is 1. The van der Waals surface area contributed by atoms with Crippen molar-refractivity contribution in [2.45, 2.75) is 31.0 Å². The van der Waals surface area contributed by atoms with Gasteiger partial charge in [0.15, 0.2) is 0 Å². The van der Waals surface area contributed by atoms with Crippen molar-refractivity contribution in [3.05, 3.63) is 35.4 Å². The van der Waals surface area contributed by atoms with Gasteiger partial charge in [0.1, 0.15) is 5.54 Å². The number of rotatable bonds is 2. The van der Waals surface area contributed by atoms with Crippen LogP contribution in [0.2, 0.25) is 0 Å². The van der Waals surface area contributed by atoms with Gasteiger partial charge in [0, 0.05) is 6.42 Å². The minimum Gasteiger partial charge on any atom is -0.479 e. The van der Waals surface area contributed by atoms with Crippen molar-refractivity contribution >= 4 is 11.9 Å². The van der Waals surface area contributed by atoms with Crippen molar-refractivity contribution in [1.29, 1.82) is 0 Å². The Labute approximate surface area is 112 Å². The van der Waals surface area contributed by atoms with E-state index < -0.39 is 23.6 Å². The number of aliphatic carboxylic acids is 1. The molecule has 0 aliphatic heterocycles. The molecule has 0 saturated heterocycles. The number of fused-ring (bicyclic) bond motifs is 1. The van der Waals surface area contributed by atoms with Crippen molar-refractivity contribution < 1.29 is 27.9 Å². The Morgan fingerprint density at radius 1 is 1.20 bits per heavy atom. The van der Waals surface area contributed by atoms with Crippen LogP contribution in [0.5, 0.6) is 0 Å². The molecular weight excluding hydrogens is 275 g/mol. The molecular formula is C13H12F3NO3. The molecule has 1 aliphatic rings. The summed E-state index contributed by atoms with van der Waals surface area (Å²) in [7, 11) is 0. The summed E-state index contributed by atoms with van der Waals surface area (Å²) in [5.74, 6) is -3.68. The fraction of sp³-hybridized carbons (Fsp3) is 0.385. The Balaban J connectivity index is 2.30. The predicted molar refractivity (Wildman–Crippen MR) is 63.0 cm³/mol. The average molecular weight is 287 g/mol. The Morgan fingerprint density at radius 3 is 2.35 bits per heavy atom. The van der Waals surface area contributed by atoms with Gasteiger partial charge in [-0.2, -0.15) is 13.2 Å². The number of halogens is 3. The van der Waals surface area contributed by atoms with E-state index in [1.165, 1.54) is 0 Å². The topological polar surface area (TPSA) is 66.4 Å². The molecule has 4 nitrogen and oxygen atoms in total. The predicted octanol–water partition coefficient (Wildman–Crippen LogP) is 1.68. The van der Waals surface area contributed by atoms with Crippen LogP contribution in [0.1, 0.15) is 17.5 Å². The molecule has 1 unspecified atom stereocenters. The van der Waals surface area contributed by atoms with E-state index in [2.05, 4.69) is 0 Å². The number of amides is 1. The van der Waals surface area contributed by atoms with Crippen LogP contribution in [0, 0.1) is 0 Å². The second-order valence-corrected chi connectivity index (χ2v) is 4.78. The monoisotopic (exact) mass is 287 g/mol. The lowest BCUT2D eigenvalue weighted by Gasteiger charge is -2.35. The third kappa shape index (κ3) is 2.61. The first-order valence-electron chi connectivity index (χ1n) is 5.94. The fourth-order valence-electron chi connectivity index (χ4n) is 2.37. The molecule has 1 amide bonds. The number of hydrogen-bond acceptors (Lipinski definition) is 2. The van der Waals surface area contributed by atoms with E-state index in [1.807, 2.05) is 0 Å². The zero-order valence-corrected chi connectivity index (χ0v) is 10.3. The van der Waals surface area contributed by atoms with Crippen LogP contribution in [-0.2, 0) is 22.4 Å². The van der Waals surface area contributed by atoms with Gasteiger partial charge in [-0.1, -0.05) is 24.3 Å². The maximum absolute atomic E-state index is 12.3. The second kappa shape index (κ2) is 4.81. The summed E-state index contributed by atoms with van der Waals surface area (Å²) >= 11 is 0. The third-order valence-corrected chi connectivity index (χ3v) is 3.45. The van der Waals surface area contributed by atoms with Crippen LogP contribution >= 0.6 is 0 Å². The van der Waals surface area contributed by atoms with Crippen LogP contribution < -0.4 is 5.32 Å². The Bertz CT molecular complexity index is 556. The lowest BCUT2D eigenvalue weighted by atomic mass is 9.78. The van der Waals surface area contributed by atoms with Crippen LogP contribution in [-0.4, -0.2) is 28.7 Å². The van der Waals surface area contributed by atoms with Crippen molar-refractivity contribution in [3.63, 3.8) is 0 Å². The highest BCUT2D eigenvalue weighted by molar-refractivity contribution is 5.90. The molecule has 0 radical (unpaired) electrons. The Kier molecular flexibility index (Phi) is 3.45. The smallest absolute Gasteiger partial charge is 0.471 e. The largest absolute Gasteiger partial charge is 0.479 e. The van der Waals surface area contributed by atoms with Crippen molar-refractivity contribution in [2.24, 2.45) is 0 Å². The summed E-state index contributed by atoms with van der Waals surface area (Å²) in [4.78, 5) is 22.4. The molecule has 1 atom stereocenters. The summed E-state index contributed by atoms with van der Waals surface area (Å²) < 4.78 is 37.0. The molecule has 1 aromatic carbocycles. The standard InChI is InChI=1S/C13H12F3NO3/c14-13(15,16)10(18)17-12(11(19)20)6-5-8-3-1-2-4-9(8)7-12/h1-4H,5-7H2,(H,17,18)(H,19,20). The number of alkyl halides is 3. The van der Waals surface area contributed by atoms with Crippen molar-refractivity contribution in [1.82, 2.24) is 5.32 Å². The molecule has 7 heteroatoms. The molecule has 1 aromatic rings. The summed E-state index contributed by atoms with van der Waals surface area (Å²) in [6.07, 6.45) is -5.01. The van der Waals surface area contributed by atoms with Gasteiger partial charge in [-0.25, -0.2) is 4.79 Å². The number of carbonyl (C=O) groups is 2. The molecule has 0 aromatic heterocycles. The molecule has 0 spiro atoms. The number of hydrogen-bond donors (Lipinski definition) is 2. The van der Waals surface area contributed by atoms with Crippen molar-refractivity contribution in [3.8, 4) is 0 Å². The summed E-state index contributed by atoms with van der Waals surface area (Å²) in [5.41, 5.74) is -0.365. The zero-order valence-electron chi connectivity index (χ0n) is 10.3. The molecule has 1 aliphatic carbocycles. The van der Waals surface area contributed by atoms with Crippen LogP contribution in [0.3, 0.4) is 0 Å². The van der Waals surface area contributed by atoms with Gasteiger partial charge in [-0.15, -0.1) is 0 Å². The molecule has 2 N–H and O–H groups in total. The number of carboxylic acids is 1. The SMILES string of the molecule is O=C(NC1(C(=O)O)CCc2ccccc2C1)C(F)(F)F. The Morgan fingerprint density at radius 2 is 1.80 bits per heavy atom. The molecule has 2 rings (SSSR count). The van der Waals surface area contributed by atoms with E-state index in [1.54, 1.807) is 29.6 Å². The van der Waals surface area contributed by atoms with Gasteiger partial charge in [-0.3, -0.25) is 4.79 Å². The van der Waals surface area contributed by atoms with E-state index >= 15 is 0 Å². The first-order chi connectivity index (χ1) is 9.24. The number of nitrogens with one attached hydrogen (secondary N) is 1. The van der Waals surface area contributed by atoms with Gasteiger partial charge < -0.3 is 10.4 Å². The number of benzene rings is 1. The lowest BCUT2D eigenvalue weighted by Crippen LogP contribution is -2.60. The summed E-state index contributed by atoms with van der Waals surface area (Å²) in [6, 6.07) is 6.92. The van der Waals surface area contributed by atoms with Gasteiger partial charge >= 0.3 is 18.1 Å². The van der Waals surface area contributed by atoms with Gasteiger partial charge in [0.05, 0.1) is 0 Å². The second-order valence-electron chi connectivity index (χ2n) is 4.78. The molecule has 0 bridgehead atoms. The van der Waals surface area contributed by atoms with E-state index in [9.17, 15) is 27.9 Å². The van der Waals surface area contributed by atoms with E-state index in [0.29, 0.717) is 12.0 Å². The molecule has 0 fully saturated rings. The van der Waals surface area contributed by atoms with Gasteiger partial charge in [0.2, 0.25) is 0 Å². The average Bonchev–Trinajstić information content (AvgIpc) is 2.37. The molecule has 0 heterocycles. The zero-order chi connectivity index (χ0) is 15.0. The first kappa shape index (κ1) is 14.4. The van der Waals surface area contributed by atoms with E-state index in [4.69, 9.17) is 0 Å². The normalized spacial score (nSPS) is 21.9. The van der Waals surface area contributed by atoms with E-state index in [-0.39, 0.29) is 12.8 Å². The van der Waals surface area contributed by atoms with Crippen LogP contribution in [0.15, 0.2) is 24.3 Å². The maximum atomic E-state index is 12.3. The minimum atomic E-state index is -5.10. The van der Waals surface area contributed by atoms with Gasteiger partial charge in [-0.05, 0) is 24.0 Å². The Hall–Kier alpha value is -2.05. The highest BCUT2D eigenvalue weighted by Gasteiger charge is 2.48. The summed E-state index contributed by atoms with van der Waals surface area (Å²) in [6.45, 7) is 0. The number of aryl methyl sites for hydroxylation is 1. The summed E-state index contributed by atoms with van der Waals surface area (Å²) in [5, 5.41) is 10.9. The number of carbonyl (C=O) groups excluding carboxylic acids is 1. The lowest BCUT2D eigenvalue weighted by molar-refractivity contribution is -0.178. The quantitative estimate of drug-likeness (QED) is 0.869. The molecule has 0 saturated carbocycles. The van der Waals surface area contributed by atoms with Crippen LogP contribution in [0.25, 0.3) is 0 Å². The molecule has 108 valence electrons. The fourth-order valence-corrected chi connectivity index (χ4v) is 2.37. The van der Waals surface area contributed by atoms with Gasteiger partial charge in [0.25, 0.3) is 0 Å². The maximum Gasteiger partial charge on any atom is 0.471 e. The molecule has 20 heavy (non-hydrogen) atoms. The first-order valence-corrected chi connectivity index (χ1v) is 5.94. The highest BCUT2D eigenvalue weighted by atomic mass is 19.4. The third-order valence-electron chi connectivity index (χ3n) is 3.45. The van der Waals surface area contributed by atoms with Crippen molar-refractivity contribution in [2.75, 3.05) is 0 Å². The minimum absolute atomic E-state index is 0.0683. The van der Waals surface area contributed by atoms with E-state index in [0.717, 1.165) is 5.56 Å². The highest BCUT2D eigenvalue weighted by Crippen LogP contribution is 2.30.